The van der Waals surface area contributed by atoms with Gasteiger partial charge in [0, 0.05) is 65.9 Å². The Morgan fingerprint density at radius 1 is 1.11 bits per heavy atom. The second-order valence-corrected chi connectivity index (χ2v) is 15.3. The van der Waals surface area contributed by atoms with Gasteiger partial charge in [-0.1, -0.05) is 38.1 Å². The van der Waals surface area contributed by atoms with Crippen molar-refractivity contribution in [2.75, 3.05) is 37.3 Å². The summed E-state index contributed by atoms with van der Waals surface area (Å²) < 4.78 is 61.3. The monoisotopic (exact) mass is 679 g/mol. The summed E-state index contributed by atoms with van der Waals surface area (Å²) in [5.41, 5.74) is -0.279. The number of rotatable bonds is 4. The van der Waals surface area contributed by atoms with E-state index in [0.717, 1.165) is 10.7 Å². The third-order valence-electron chi connectivity index (χ3n) is 9.59. The molecule has 0 radical (unpaired) electrons. The Kier molecular flexibility index (Phi) is 7.25. The Labute approximate surface area is 274 Å². The van der Waals surface area contributed by atoms with E-state index >= 15 is 8.78 Å². The van der Waals surface area contributed by atoms with Gasteiger partial charge in [0.1, 0.15) is 5.82 Å². The number of halogens is 3. The zero-order valence-electron chi connectivity index (χ0n) is 26.0. The minimum atomic E-state index is -4.22. The molecule has 0 saturated carbocycles. The quantitative estimate of drug-likeness (QED) is 0.230. The highest BCUT2D eigenvalue weighted by molar-refractivity contribution is 7.90. The molecule has 5 aromatic rings. The average molecular weight is 680 g/mol. The van der Waals surface area contributed by atoms with Crippen LogP contribution < -0.4 is 10.5 Å². The van der Waals surface area contributed by atoms with Crippen LogP contribution in [0.4, 0.5) is 14.5 Å². The van der Waals surface area contributed by atoms with E-state index in [1.54, 1.807) is 22.1 Å². The molecule has 7 rings (SSSR count). The first-order valence-corrected chi connectivity index (χ1v) is 17.6. The first-order chi connectivity index (χ1) is 22.3. The molecule has 2 bridgehead atoms. The molecule has 9 nitrogen and oxygen atoms in total. The highest BCUT2D eigenvalue weighted by atomic mass is 35.5. The lowest BCUT2D eigenvalue weighted by atomic mass is 9.72. The topological polar surface area (TPSA) is 108 Å². The zero-order chi connectivity index (χ0) is 33.6. The van der Waals surface area contributed by atoms with E-state index in [9.17, 15) is 18.0 Å². The first kappa shape index (κ1) is 31.3. The lowest BCUT2D eigenvalue weighted by Crippen LogP contribution is -2.61. The third-order valence-corrected chi connectivity index (χ3v) is 11.0. The van der Waals surface area contributed by atoms with Crippen molar-refractivity contribution in [1.82, 2.24) is 19.3 Å². The Hall–Kier alpha value is -4.29. The maximum Gasteiger partial charge on any atom is 0.276 e. The van der Waals surface area contributed by atoms with Gasteiger partial charge in [-0.15, -0.1) is 0 Å². The molecule has 244 valence electrons. The van der Waals surface area contributed by atoms with Crippen molar-refractivity contribution >= 4 is 71.3 Å². The molecule has 1 N–H and O–H groups in total. The van der Waals surface area contributed by atoms with Crippen LogP contribution in [0.15, 0.2) is 58.9 Å². The van der Waals surface area contributed by atoms with Gasteiger partial charge in [-0.2, -0.15) is 0 Å². The smallest absolute Gasteiger partial charge is 0.276 e. The maximum atomic E-state index is 17.3. The number of hydrogen-bond donors (Lipinski definition) is 1. The summed E-state index contributed by atoms with van der Waals surface area (Å²) in [4.78, 5) is 37.8. The van der Waals surface area contributed by atoms with Crippen LogP contribution in [0.1, 0.15) is 38.3 Å². The maximum absolute atomic E-state index is 17.3. The van der Waals surface area contributed by atoms with Crippen molar-refractivity contribution in [3.05, 3.63) is 81.9 Å². The van der Waals surface area contributed by atoms with Crippen molar-refractivity contribution in [2.45, 2.75) is 37.5 Å². The number of anilines is 1. The lowest BCUT2D eigenvalue weighted by molar-refractivity contribution is -0.139. The average Bonchev–Trinajstić information content (AvgIpc) is 3.03. The molecular weight excluding hydrogens is 648 g/mol. The molecule has 47 heavy (non-hydrogen) atoms. The van der Waals surface area contributed by atoms with E-state index in [1.165, 1.54) is 30.3 Å². The van der Waals surface area contributed by atoms with Crippen molar-refractivity contribution in [2.24, 2.45) is 5.41 Å². The van der Waals surface area contributed by atoms with Gasteiger partial charge in [0.05, 0.1) is 32.8 Å². The van der Waals surface area contributed by atoms with Gasteiger partial charge >= 0.3 is 0 Å². The first-order valence-electron chi connectivity index (χ1n) is 15.3. The van der Waals surface area contributed by atoms with Crippen molar-refractivity contribution in [3.63, 3.8) is 0 Å². The number of piperidine rings is 1. The number of amides is 1. The van der Waals surface area contributed by atoms with Gasteiger partial charge in [0.25, 0.3) is 5.56 Å². The number of carbonyl (C=O) groups is 1. The van der Waals surface area contributed by atoms with Gasteiger partial charge in [-0.25, -0.2) is 22.2 Å². The molecule has 0 aliphatic carbocycles. The molecule has 2 saturated heterocycles. The Balaban J connectivity index is 1.63. The number of carbonyl (C=O) groups excluding carboxylic acids is 1. The van der Waals surface area contributed by atoms with E-state index in [1.807, 2.05) is 13.8 Å². The van der Waals surface area contributed by atoms with Crippen LogP contribution in [0, 0.1) is 17.0 Å². The predicted octanol–water partition coefficient (Wildman–Crippen LogP) is 6.12. The van der Waals surface area contributed by atoms with Crippen LogP contribution in [0.3, 0.4) is 0 Å². The van der Waals surface area contributed by atoms with Crippen LogP contribution in [0.2, 0.25) is 5.02 Å². The summed E-state index contributed by atoms with van der Waals surface area (Å²) in [6.07, 6.45) is 5.09. The molecular formula is C34H32ClF2N5O4S. The summed E-state index contributed by atoms with van der Waals surface area (Å²) in [7, 11) is -4.22. The van der Waals surface area contributed by atoms with Gasteiger partial charge in [0.15, 0.2) is 20.5 Å². The number of fused-ring (bicyclic) bond motifs is 5. The Bertz CT molecular complexity index is 2390. The number of sulfone groups is 1. The minimum Gasteiger partial charge on any atom is -0.370 e. The summed E-state index contributed by atoms with van der Waals surface area (Å²) in [5, 5.41) is -0.493. The van der Waals surface area contributed by atoms with Crippen LogP contribution >= 0.6 is 11.6 Å². The molecule has 2 fully saturated rings. The molecule has 1 amide bonds. The number of pyridine rings is 2. The number of aromatic nitrogens is 3. The number of hydrogen-bond acceptors (Lipinski definition) is 6. The number of nitrogens with zero attached hydrogens (tertiary/aromatic N) is 4. The number of aromatic amines is 1. The molecule has 13 heteroatoms. The number of benzene rings is 2. The number of likely N-dealkylation sites (tertiary alicyclic amines) is 1. The largest absolute Gasteiger partial charge is 0.370 e. The second kappa shape index (κ2) is 10.9. The third kappa shape index (κ3) is 4.75. The van der Waals surface area contributed by atoms with E-state index in [2.05, 4.69) is 11.6 Å². The molecule has 2 aromatic carbocycles. The summed E-state index contributed by atoms with van der Waals surface area (Å²) >= 11 is 6.81. The molecule has 2 aliphatic rings. The Morgan fingerprint density at radius 3 is 2.45 bits per heavy atom. The molecule has 0 unspecified atom stereocenters. The molecule has 2 aliphatic heterocycles. The van der Waals surface area contributed by atoms with Crippen molar-refractivity contribution in [1.29, 1.82) is 0 Å². The Morgan fingerprint density at radius 2 is 1.81 bits per heavy atom. The van der Waals surface area contributed by atoms with Gasteiger partial charge in [0.2, 0.25) is 5.91 Å². The lowest BCUT2D eigenvalue weighted by Gasteiger charge is -2.54. The zero-order valence-corrected chi connectivity index (χ0v) is 27.6. The molecule has 5 heterocycles. The highest BCUT2D eigenvalue weighted by Gasteiger charge is 2.47. The highest BCUT2D eigenvalue weighted by Crippen LogP contribution is 2.45. The minimum absolute atomic E-state index is 0.0572. The number of nitrogens with one attached hydrogen (secondary N) is 1. The summed E-state index contributed by atoms with van der Waals surface area (Å²) in [6, 6.07) is 7.18. The van der Waals surface area contributed by atoms with Gasteiger partial charge in [-0.3, -0.25) is 14.0 Å². The fourth-order valence-electron chi connectivity index (χ4n) is 7.34. The van der Waals surface area contributed by atoms with Crippen LogP contribution in [-0.4, -0.2) is 66.0 Å². The fraction of sp³-hybridized carbons (Fsp3) is 0.324. The normalized spacial score (nSPS) is 16.5. The van der Waals surface area contributed by atoms with E-state index in [-0.39, 0.29) is 66.2 Å². The van der Waals surface area contributed by atoms with Gasteiger partial charge < -0.3 is 14.8 Å². The standard InChI is InChI=1S/C34H32ClF2N5O4S/c1-5-24(43)41-16-34(17-41)10-13-40(14-11-34)30-19-15-20(35)25-26-21(36)7-6-8-22(26)39-23-9-12-38-28(18(2)3)31(23)42(29(19)27(25)37)33(44)32(30)47(4,45)46/h5-9,12,15,18,38H,1,10-11,13-14,16-17H2,2-4H3. The SMILES string of the molecule is C=CC(=O)N1CC2(CCN(c3c(S(C)(=O)=O)c(=O)n4c5c(C(C)C)[nH]ccc5nc5cccc(F)c5c5c(Cl)cc3c4c5F)CC2)C1. The molecule has 0 atom stereocenters. The predicted molar refractivity (Wildman–Crippen MR) is 180 cm³/mol. The molecule has 3 aromatic heterocycles. The van der Waals surface area contributed by atoms with E-state index in [4.69, 9.17) is 16.6 Å². The number of H-pyrrole nitrogens is 1. The van der Waals surface area contributed by atoms with Crippen LogP contribution in [-0.2, 0) is 14.6 Å². The van der Waals surface area contributed by atoms with Crippen LogP contribution in [0.25, 0.3) is 38.2 Å². The second-order valence-electron chi connectivity index (χ2n) is 12.9. The van der Waals surface area contributed by atoms with Crippen molar-refractivity contribution in [3.8, 4) is 0 Å². The van der Waals surface area contributed by atoms with Gasteiger partial charge in [-0.05, 0) is 49.1 Å². The summed E-state index contributed by atoms with van der Waals surface area (Å²) in [5.74, 6) is -2.10. The van der Waals surface area contributed by atoms with E-state index < -0.39 is 31.9 Å². The summed E-state index contributed by atoms with van der Waals surface area (Å²) in [6.45, 7) is 9.12. The van der Waals surface area contributed by atoms with Crippen molar-refractivity contribution < 1.29 is 22.0 Å². The van der Waals surface area contributed by atoms with E-state index in [0.29, 0.717) is 44.7 Å². The fourth-order valence-corrected chi connectivity index (χ4v) is 8.62. The molecule has 1 spiro atoms. The van der Waals surface area contributed by atoms with Crippen LogP contribution in [0.5, 0.6) is 0 Å².